The third-order valence-corrected chi connectivity index (χ3v) is 1.80. The normalized spacial score (nSPS) is 36.5. The number of carbonyl (C=O) groups is 1. The van der Waals surface area contributed by atoms with Crippen molar-refractivity contribution in [2.24, 2.45) is 0 Å². The molecule has 0 saturated carbocycles. The van der Waals surface area contributed by atoms with Crippen LogP contribution in [0.4, 0.5) is 0 Å². The summed E-state index contributed by atoms with van der Waals surface area (Å²) in [4.78, 5) is 11.0. The second-order valence-electron chi connectivity index (χ2n) is 2.64. The van der Waals surface area contributed by atoms with Crippen molar-refractivity contribution in [3.8, 4) is 0 Å². The quantitative estimate of drug-likeness (QED) is 0.354. The molecule has 1 rings (SSSR count). The van der Waals surface area contributed by atoms with Gasteiger partial charge >= 0.3 is 0 Å². The van der Waals surface area contributed by atoms with Crippen molar-refractivity contribution in [1.29, 1.82) is 0 Å². The van der Waals surface area contributed by atoms with E-state index in [2.05, 4.69) is 0 Å². The van der Waals surface area contributed by atoms with Gasteiger partial charge in [0.2, 0.25) is 0 Å². The summed E-state index contributed by atoms with van der Waals surface area (Å²) in [6.07, 6.45) is -3.38. The van der Waals surface area contributed by atoms with Gasteiger partial charge in [0.25, 0.3) is 0 Å². The molecule has 5 heteroatoms. The highest BCUT2D eigenvalue weighted by atomic mass is 16.4. The summed E-state index contributed by atoms with van der Waals surface area (Å²) in [7, 11) is 0. The van der Waals surface area contributed by atoms with Crippen molar-refractivity contribution >= 4 is 5.78 Å². The summed E-state index contributed by atoms with van der Waals surface area (Å²) >= 11 is 0. The Bertz CT molecular complexity index is 222. The van der Waals surface area contributed by atoms with E-state index in [-0.39, 0.29) is 5.57 Å². The molecule has 0 spiro atoms. The Morgan fingerprint density at radius 2 is 1.92 bits per heavy atom. The van der Waals surface area contributed by atoms with E-state index in [0.29, 0.717) is 0 Å². The first-order chi connectivity index (χ1) is 5.57. The van der Waals surface area contributed by atoms with Crippen LogP contribution in [0.15, 0.2) is 11.6 Å². The minimum Gasteiger partial charge on any atom is -0.392 e. The Balaban J connectivity index is 2.92. The number of aliphatic hydroxyl groups excluding tert-OH is 4. The zero-order valence-electron chi connectivity index (χ0n) is 6.21. The fraction of sp³-hybridized carbons (Fsp3) is 0.571. The second kappa shape index (κ2) is 3.32. The molecule has 68 valence electrons. The van der Waals surface area contributed by atoms with Crippen molar-refractivity contribution in [1.82, 2.24) is 0 Å². The van der Waals surface area contributed by atoms with Gasteiger partial charge in [0.1, 0.15) is 18.3 Å². The number of aliphatic hydroxyl groups is 4. The highest BCUT2D eigenvalue weighted by Crippen LogP contribution is 2.15. The van der Waals surface area contributed by atoms with Gasteiger partial charge in [-0.25, -0.2) is 0 Å². The van der Waals surface area contributed by atoms with E-state index in [9.17, 15) is 4.79 Å². The standard InChI is InChI=1S/C7H10O5/c8-2-3-1-4(9)6(11)7(12)5(3)10/h1,4,6-9,11-12H,2H2/t4-,6-,7?/m1/s1. The molecule has 4 N–H and O–H groups in total. The Kier molecular flexibility index (Phi) is 2.58. The van der Waals surface area contributed by atoms with Crippen LogP contribution < -0.4 is 0 Å². The number of ketones is 1. The lowest BCUT2D eigenvalue weighted by Gasteiger charge is -2.25. The summed E-state index contributed by atoms with van der Waals surface area (Å²) in [6, 6.07) is 0. The van der Waals surface area contributed by atoms with Crippen LogP contribution in [0.1, 0.15) is 0 Å². The number of rotatable bonds is 1. The molecule has 0 aromatic rings. The maximum atomic E-state index is 11.0. The Morgan fingerprint density at radius 1 is 1.33 bits per heavy atom. The summed E-state index contributed by atoms with van der Waals surface area (Å²) in [6.45, 7) is -0.542. The molecule has 0 radical (unpaired) electrons. The first-order valence-corrected chi connectivity index (χ1v) is 3.48. The molecule has 12 heavy (non-hydrogen) atoms. The highest BCUT2D eigenvalue weighted by Gasteiger charge is 2.35. The average Bonchev–Trinajstić information content (AvgIpc) is 2.08. The fourth-order valence-corrected chi connectivity index (χ4v) is 1.05. The molecule has 1 aliphatic rings. The van der Waals surface area contributed by atoms with Gasteiger partial charge in [0.05, 0.1) is 6.61 Å². The Hall–Kier alpha value is -0.750. The van der Waals surface area contributed by atoms with Crippen molar-refractivity contribution in [3.05, 3.63) is 11.6 Å². The van der Waals surface area contributed by atoms with Crippen molar-refractivity contribution < 1.29 is 25.2 Å². The monoisotopic (exact) mass is 174 g/mol. The van der Waals surface area contributed by atoms with E-state index in [4.69, 9.17) is 20.4 Å². The van der Waals surface area contributed by atoms with E-state index >= 15 is 0 Å². The maximum absolute atomic E-state index is 11.0. The molecule has 0 bridgehead atoms. The summed E-state index contributed by atoms with van der Waals surface area (Å²) in [5.74, 6) is -0.740. The van der Waals surface area contributed by atoms with Gasteiger partial charge in [-0.2, -0.15) is 0 Å². The van der Waals surface area contributed by atoms with E-state index in [0.717, 1.165) is 6.08 Å². The van der Waals surface area contributed by atoms with E-state index < -0.39 is 30.7 Å². The van der Waals surface area contributed by atoms with Crippen LogP contribution in [-0.4, -0.2) is 51.1 Å². The minimum absolute atomic E-state index is 0.0692. The third kappa shape index (κ3) is 1.39. The molecular weight excluding hydrogens is 164 g/mol. The van der Waals surface area contributed by atoms with Gasteiger partial charge in [0, 0.05) is 5.57 Å². The molecule has 0 heterocycles. The third-order valence-electron chi connectivity index (χ3n) is 1.80. The molecule has 0 saturated heterocycles. The van der Waals surface area contributed by atoms with Crippen LogP contribution >= 0.6 is 0 Å². The smallest absolute Gasteiger partial charge is 0.192 e. The lowest BCUT2D eigenvalue weighted by Crippen LogP contribution is -2.46. The van der Waals surface area contributed by atoms with E-state index in [1.54, 1.807) is 0 Å². The lowest BCUT2D eigenvalue weighted by molar-refractivity contribution is -0.135. The number of Topliss-reactive ketones (excluding diaryl/α,β-unsaturated/α-hetero) is 1. The molecule has 5 nitrogen and oxygen atoms in total. The highest BCUT2D eigenvalue weighted by molar-refractivity contribution is 6.00. The van der Waals surface area contributed by atoms with Crippen molar-refractivity contribution in [3.63, 3.8) is 0 Å². The SMILES string of the molecule is O=C1C(CO)=C[C@@H](O)[C@@H](O)C1O. The van der Waals surface area contributed by atoms with E-state index in [1.807, 2.05) is 0 Å². The predicted octanol–water partition coefficient (Wildman–Crippen LogP) is -2.43. The lowest BCUT2D eigenvalue weighted by atomic mass is 9.91. The largest absolute Gasteiger partial charge is 0.392 e. The number of carbonyl (C=O) groups excluding carboxylic acids is 1. The van der Waals surface area contributed by atoms with Crippen LogP contribution in [0.2, 0.25) is 0 Å². The maximum Gasteiger partial charge on any atom is 0.192 e. The predicted molar refractivity (Wildman–Crippen MR) is 38.2 cm³/mol. The van der Waals surface area contributed by atoms with Crippen LogP contribution in [0.3, 0.4) is 0 Å². The zero-order chi connectivity index (χ0) is 9.30. The van der Waals surface area contributed by atoms with Gasteiger partial charge in [-0.1, -0.05) is 0 Å². The topological polar surface area (TPSA) is 98.0 Å². The van der Waals surface area contributed by atoms with Gasteiger partial charge < -0.3 is 20.4 Å². The number of hydrogen-bond donors (Lipinski definition) is 4. The summed E-state index contributed by atoms with van der Waals surface area (Å²) in [5.41, 5.74) is -0.0692. The van der Waals surface area contributed by atoms with Crippen molar-refractivity contribution in [2.45, 2.75) is 18.3 Å². The summed E-state index contributed by atoms with van der Waals surface area (Å²) in [5, 5.41) is 35.6. The molecule has 0 aromatic carbocycles. The minimum atomic E-state index is -1.63. The summed E-state index contributed by atoms with van der Waals surface area (Å²) < 4.78 is 0. The van der Waals surface area contributed by atoms with Gasteiger partial charge in [-0.15, -0.1) is 0 Å². The Labute approximate surface area is 68.6 Å². The van der Waals surface area contributed by atoms with Crippen LogP contribution in [0, 0.1) is 0 Å². The van der Waals surface area contributed by atoms with Crippen LogP contribution in [0.5, 0.6) is 0 Å². The fourth-order valence-electron chi connectivity index (χ4n) is 1.05. The second-order valence-corrected chi connectivity index (χ2v) is 2.64. The van der Waals surface area contributed by atoms with Crippen LogP contribution in [0.25, 0.3) is 0 Å². The van der Waals surface area contributed by atoms with Gasteiger partial charge in [0.15, 0.2) is 5.78 Å². The molecule has 0 aliphatic heterocycles. The Morgan fingerprint density at radius 3 is 2.42 bits per heavy atom. The van der Waals surface area contributed by atoms with Gasteiger partial charge in [-0.3, -0.25) is 4.79 Å². The first kappa shape index (κ1) is 9.34. The molecule has 0 aromatic heterocycles. The molecular formula is C7H10O5. The van der Waals surface area contributed by atoms with E-state index in [1.165, 1.54) is 0 Å². The molecule has 1 aliphatic carbocycles. The number of hydrogen-bond acceptors (Lipinski definition) is 5. The molecule has 3 atom stereocenters. The van der Waals surface area contributed by atoms with Gasteiger partial charge in [-0.05, 0) is 6.08 Å². The molecule has 1 unspecified atom stereocenters. The average molecular weight is 174 g/mol. The molecule has 0 fully saturated rings. The zero-order valence-corrected chi connectivity index (χ0v) is 6.21. The first-order valence-electron chi connectivity index (χ1n) is 3.48. The molecule has 0 amide bonds. The van der Waals surface area contributed by atoms with Crippen LogP contribution in [-0.2, 0) is 4.79 Å². The van der Waals surface area contributed by atoms with Crippen molar-refractivity contribution in [2.75, 3.05) is 6.61 Å².